The summed E-state index contributed by atoms with van der Waals surface area (Å²) in [7, 11) is 0. The van der Waals surface area contributed by atoms with Crippen LogP contribution in [0.3, 0.4) is 0 Å². The smallest absolute Gasteiger partial charge is 0.207 e. The molecule has 1 aliphatic heterocycles. The Morgan fingerprint density at radius 1 is 1.03 bits per heavy atom. The van der Waals surface area contributed by atoms with Gasteiger partial charge in [0, 0.05) is 61.7 Å². The zero-order chi connectivity index (χ0) is 25.2. The van der Waals surface area contributed by atoms with Gasteiger partial charge in [0.05, 0.1) is 5.69 Å². The van der Waals surface area contributed by atoms with Crippen molar-refractivity contribution in [3.05, 3.63) is 65.4 Å². The lowest BCUT2D eigenvalue weighted by Crippen LogP contribution is -2.47. The van der Waals surface area contributed by atoms with Crippen LogP contribution in [0.4, 0.5) is 20.3 Å². The summed E-state index contributed by atoms with van der Waals surface area (Å²) in [6.45, 7) is 5.67. The number of aryl methyl sites for hydroxylation is 1. The third-order valence-electron chi connectivity index (χ3n) is 7.29. The van der Waals surface area contributed by atoms with Crippen molar-refractivity contribution in [3.8, 4) is 22.3 Å². The average molecular weight is 492 g/mol. The number of nitrogens with one attached hydrogen (secondary N) is 1. The topological polar surface area (TPSA) is 74.5 Å². The van der Waals surface area contributed by atoms with E-state index < -0.39 is 11.6 Å². The molecule has 1 aliphatic carbocycles. The molecule has 2 heterocycles. The minimum absolute atomic E-state index is 0.157. The second-order valence-corrected chi connectivity index (χ2v) is 9.63. The fourth-order valence-corrected chi connectivity index (χ4v) is 5.00. The molecule has 2 aromatic carbocycles. The number of rotatable bonds is 8. The van der Waals surface area contributed by atoms with Crippen LogP contribution in [0.5, 0.6) is 0 Å². The Balaban J connectivity index is 1.41. The minimum atomic E-state index is -0.876. The third-order valence-corrected chi connectivity index (χ3v) is 7.29. The monoisotopic (exact) mass is 491 g/mol. The normalized spacial score (nSPS) is 16.2. The van der Waals surface area contributed by atoms with E-state index in [1.54, 1.807) is 18.2 Å². The molecule has 6 nitrogen and oxygen atoms in total. The summed E-state index contributed by atoms with van der Waals surface area (Å²) in [4.78, 5) is 19.2. The molecule has 5 rings (SSSR count). The van der Waals surface area contributed by atoms with Crippen molar-refractivity contribution in [1.82, 2.24) is 15.2 Å². The third kappa shape index (κ3) is 4.91. The highest BCUT2D eigenvalue weighted by Gasteiger charge is 2.32. The van der Waals surface area contributed by atoms with E-state index in [4.69, 9.17) is 5.73 Å². The van der Waals surface area contributed by atoms with Gasteiger partial charge < -0.3 is 16.0 Å². The average Bonchev–Trinajstić information content (AvgIpc) is 3.73. The number of nitrogen functional groups attached to an aromatic ring is 1. The summed E-state index contributed by atoms with van der Waals surface area (Å²) < 4.78 is 30.6. The summed E-state index contributed by atoms with van der Waals surface area (Å²) in [6.07, 6.45) is 5.32. The van der Waals surface area contributed by atoms with Crippen molar-refractivity contribution >= 4 is 17.9 Å². The molecule has 188 valence electrons. The molecule has 2 fully saturated rings. The van der Waals surface area contributed by atoms with Crippen molar-refractivity contribution in [2.24, 2.45) is 0 Å². The quantitative estimate of drug-likeness (QED) is 0.366. The Bertz CT molecular complexity index is 1270. The Hall–Kier alpha value is -3.52. The van der Waals surface area contributed by atoms with E-state index in [9.17, 15) is 4.79 Å². The van der Waals surface area contributed by atoms with Gasteiger partial charge in [0.25, 0.3) is 0 Å². The Labute approximate surface area is 210 Å². The Kier molecular flexibility index (Phi) is 6.87. The van der Waals surface area contributed by atoms with Crippen LogP contribution in [0.15, 0.2) is 42.6 Å². The summed E-state index contributed by atoms with van der Waals surface area (Å²) in [5.74, 6) is -1.39. The van der Waals surface area contributed by atoms with Gasteiger partial charge in [-0.3, -0.25) is 9.69 Å². The van der Waals surface area contributed by atoms with Crippen LogP contribution in [-0.4, -0.2) is 55.1 Å². The number of benzene rings is 2. The highest BCUT2D eigenvalue weighted by atomic mass is 19.2. The van der Waals surface area contributed by atoms with Gasteiger partial charge in [-0.25, -0.2) is 13.8 Å². The molecule has 8 heteroatoms. The highest BCUT2D eigenvalue weighted by molar-refractivity contribution is 5.80. The molecule has 3 aromatic rings. The molecule has 36 heavy (non-hydrogen) atoms. The van der Waals surface area contributed by atoms with Gasteiger partial charge in [-0.15, -0.1) is 0 Å². The van der Waals surface area contributed by atoms with E-state index in [0.29, 0.717) is 61.1 Å². The number of amides is 1. The number of aromatic nitrogens is 1. The Morgan fingerprint density at radius 3 is 2.53 bits per heavy atom. The predicted octanol–water partition coefficient (Wildman–Crippen LogP) is 4.16. The molecule has 0 atom stereocenters. The molecule has 0 spiro atoms. The molecule has 0 unspecified atom stereocenters. The molecule has 1 saturated carbocycles. The van der Waals surface area contributed by atoms with Crippen molar-refractivity contribution in [2.45, 2.75) is 32.2 Å². The van der Waals surface area contributed by atoms with Gasteiger partial charge in [0.1, 0.15) is 5.82 Å². The number of carbonyl (C=O) groups is 1. The largest absolute Gasteiger partial charge is 0.383 e. The lowest BCUT2D eigenvalue weighted by molar-refractivity contribution is -0.109. The zero-order valence-electron chi connectivity index (χ0n) is 20.4. The number of hydrogen-bond acceptors (Lipinski definition) is 5. The van der Waals surface area contributed by atoms with Gasteiger partial charge in [-0.05, 0) is 61.1 Å². The molecule has 3 N–H and O–H groups in total. The minimum Gasteiger partial charge on any atom is -0.383 e. The first-order chi connectivity index (χ1) is 17.5. The van der Waals surface area contributed by atoms with E-state index in [1.807, 2.05) is 30.0 Å². The molecular formula is C28H31F2N5O. The number of carbonyl (C=O) groups excluding carboxylic acids is 1. The van der Waals surface area contributed by atoms with E-state index >= 15 is 8.78 Å². The van der Waals surface area contributed by atoms with Crippen LogP contribution in [0.25, 0.3) is 22.3 Å². The van der Waals surface area contributed by atoms with Gasteiger partial charge in [-0.2, -0.15) is 0 Å². The van der Waals surface area contributed by atoms with E-state index in [-0.39, 0.29) is 5.56 Å². The number of hydrogen-bond donors (Lipinski definition) is 2. The van der Waals surface area contributed by atoms with Crippen molar-refractivity contribution in [2.75, 3.05) is 43.4 Å². The van der Waals surface area contributed by atoms with Crippen LogP contribution in [-0.2, 0) is 11.2 Å². The van der Waals surface area contributed by atoms with Crippen LogP contribution >= 0.6 is 0 Å². The van der Waals surface area contributed by atoms with Gasteiger partial charge in [0.15, 0.2) is 11.6 Å². The summed E-state index contributed by atoms with van der Waals surface area (Å²) in [5, 5.41) is 2.67. The maximum absolute atomic E-state index is 15.3. The first-order valence-electron chi connectivity index (χ1n) is 12.5. The fraction of sp³-hybridized carbons (Fsp3) is 0.357. The van der Waals surface area contributed by atoms with Gasteiger partial charge >= 0.3 is 0 Å². The lowest BCUT2D eigenvalue weighted by atomic mass is 9.96. The number of anilines is 2. The van der Waals surface area contributed by atoms with Crippen molar-refractivity contribution in [1.29, 1.82) is 0 Å². The fourth-order valence-electron chi connectivity index (χ4n) is 5.00. The zero-order valence-corrected chi connectivity index (χ0v) is 20.4. The number of pyridine rings is 1. The number of nitrogens with two attached hydrogens (primary N) is 1. The standard InChI is InChI=1S/C28H31F2N5O/c1-18-2-3-20(14-19(18)8-9-32-17-36)24-15-21(16-33-28(24)31)23-6-7-25(27(30)26(23)29)35-12-10-34(11-13-35)22-4-5-22/h2-3,6-7,14-17,22H,4-5,8-13H2,1H3,(H2,31,33)(H,32,36). The maximum atomic E-state index is 15.3. The van der Waals surface area contributed by atoms with Crippen LogP contribution in [0.2, 0.25) is 0 Å². The summed E-state index contributed by atoms with van der Waals surface area (Å²) in [5.41, 5.74) is 10.8. The summed E-state index contributed by atoms with van der Waals surface area (Å²) >= 11 is 0. The second-order valence-electron chi connectivity index (χ2n) is 9.63. The number of piperazine rings is 1. The van der Waals surface area contributed by atoms with Crippen molar-refractivity contribution < 1.29 is 13.6 Å². The van der Waals surface area contributed by atoms with E-state index in [0.717, 1.165) is 29.8 Å². The van der Waals surface area contributed by atoms with Gasteiger partial charge in [0.2, 0.25) is 6.41 Å². The predicted molar refractivity (Wildman–Crippen MR) is 139 cm³/mol. The maximum Gasteiger partial charge on any atom is 0.207 e. The Morgan fingerprint density at radius 2 is 1.81 bits per heavy atom. The molecule has 0 bridgehead atoms. The number of nitrogens with zero attached hydrogens (tertiary/aromatic N) is 3. The molecule has 1 amide bonds. The molecule has 0 radical (unpaired) electrons. The van der Waals surface area contributed by atoms with E-state index in [1.165, 1.54) is 19.0 Å². The first kappa shape index (κ1) is 24.2. The summed E-state index contributed by atoms with van der Waals surface area (Å²) in [6, 6.07) is 11.7. The van der Waals surface area contributed by atoms with Crippen molar-refractivity contribution in [3.63, 3.8) is 0 Å². The van der Waals surface area contributed by atoms with Crippen LogP contribution in [0, 0.1) is 18.6 Å². The van der Waals surface area contributed by atoms with E-state index in [2.05, 4.69) is 15.2 Å². The lowest BCUT2D eigenvalue weighted by Gasteiger charge is -2.36. The molecule has 1 aromatic heterocycles. The molecule has 1 saturated heterocycles. The van der Waals surface area contributed by atoms with Gasteiger partial charge in [-0.1, -0.05) is 18.2 Å². The second kappa shape index (κ2) is 10.2. The van der Waals surface area contributed by atoms with Crippen LogP contribution < -0.4 is 16.0 Å². The molecular weight excluding hydrogens is 460 g/mol. The first-order valence-corrected chi connectivity index (χ1v) is 12.5. The molecule has 2 aliphatic rings. The number of halogens is 2. The highest BCUT2D eigenvalue weighted by Crippen LogP contribution is 2.35. The SMILES string of the molecule is Cc1ccc(-c2cc(-c3ccc(N4CCN(C5CC5)CC4)c(F)c3F)cnc2N)cc1CCNC=O. The van der Waals surface area contributed by atoms with Crippen LogP contribution in [0.1, 0.15) is 24.0 Å².